The molecule has 14 nitrogen and oxygen atoms in total. The molecule has 15 heteroatoms. The van der Waals surface area contributed by atoms with E-state index in [-0.39, 0.29) is 52.6 Å². The third-order valence-electron chi connectivity index (χ3n) is 11.6. The highest BCUT2D eigenvalue weighted by Crippen LogP contribution is 2.39. The topological polar surface area (TPSA) is 206 Å². The third kappa shape index (κ3) is 13.7. The number of allylic oxidation sites excluding steroid dienone is 1. The number of carbonyl (C=O) groups excluding carboxylic acids is 3. The first-order valence-electron chi connectivity index (χ1n) is 21.6. The van der Waals surface area contributed by atoms with Gasteiger partial charge in [-0.15, -0.1) is 17.9 Å². The molecule has 4 atom stereocenters. The van der Waals surface area contributed by atoms with Gasteiger partial charge in [-0.2, -0.15) is 0 Å². The summed E-state index contributed by atoms with van der Waals surface area (Å²) < 4.78 is 11.2. The van der Waals surface area contributed by atoms with Crippen LogP contribution in [0.4, 0.5) is 5.13 Å². The summed E-state index contributed by atoms with van der Waals surface area (Å²) in [5.41, 5.74) is 7.24. The molecule has 332 valence electrons. The van der Waals surface area contributed by atoms with Gasteiger partial charge in [0.1, 0.15) is 23.9 Å². The second kappa shape index (κ2) is 21.6. The van der Waals surface area contributed by atoms with Gasteiger partial charge in [0.2, 0.25) is 17.7 Å². The quantitative estimate of drug-likeness (QED) is 0.0835. The highest BCUT2D eigenvalue weighted by atomic mass is 32.1. The van der Waals surface area contributed by atoms with Crippen LogP contribution in [0.1, 0.15) is 111 Å². The lowest BCUT2D eigenvalue weighted by Crippen LogP contribution is -2.54. The molecule has 3 aliphatic carbocycles. The van der Waals surface area contributed by atoms with Gasteiger partial charge in [-0.1, -0.05) is 52.5 Å². The number of carboxylic acid groups (broad SMARTS) is 1. The first-order valence-corrected chi connectivity index (χ1v) is 22.5. The number of thiazole rings is 1. The molecule has 2 aromatic heterocycles. The molecular formula is C46H64N6O8S. The number of H-pyrrole nitrogens is 1. The number of aliphatic carboxylic acids is 1. The summed E-state index contributed by atoms with van der Waals surface area (Å²) in [7, 11) is 1.58. The SMILES string of the molecule is C=C(NC(C(=O)N1CCCC1C(N)=O)C1CCCCC1)OC1CCCCC1.C=CC1CC1C(=O)O.COc1ccc2c(=O)cc(-c3csc(NC(=O)CC(C)(C)C)n3)[nH]c2c1. The number of aromatic amines is 1. The first-order chi connectivity index (χ1) is 29.1. The molecule has 0 spiro atoms. The molecule has 1 saturated heterocycles. The number of amides is 3. The van der Waals surface area contributed by atoms with Crippen LogP contribution in [0.25, 0.3) is 22.3 Å². The van der Waals surface area contributed by atoms with Gasteiger partial charge in [-0.3, -0.25) is 24.0 Å². The van der Waals surface area contributed by atoms with E-state index in [0.29, 0.717) is 58.4 Å². The molecule has 0 radical (unpaired) electrons. The fraction of sp³-hybridized carbons (Fsp3) is 0.565. The Morgan fingerprint density at radius 2 is 1.74 bits per heavy atom. The van der Waals surface area contributed by atoms with E-state index in [1.807, 2.05) is 26.2 Å². The Morgan fingerprint density at radius 3 is 2.33 bits per heavy atom. The zero-order valence-corrected chi connectivity index (χ0v) is 37.0. The van der Waals surface area contributed by atoms with Crippen molar-refractivity contribution in [3.8, 4) is 17.1 Å². The molecule has 4 aliphatic rings. The van der Waals surface area contributed by atoms with Crippen LogP contribution in [-0.4, -0.2) is 75.5 Å². The van der Waals surface area contributed by atoms with E-state index in [1.165, 1.54) is 43.1 Å². The predicted molar refractivity (Wildman–Crippen MR) is 239 cm³/mol. The zero-order valence-electron chi connectivity index (χ0n) is 36.1. The summed E-state index contributed by atoms with van der Waals surface area (Å²) >= 11 is 1.33. The second-order valence-electron chi connectivity index (χ2n) is 17.8. The Morgan fingerprint density at radius 1 is 1.05 bits per heavy atom. The monoisotopic (exact) mass is 860 g/mol. The Bertz CT molecular complexity index is 2080. The van der Waals surface area contributed by atoms with Crippen molar-refractivity contribution >= 4 is 51.1 Å². The van der Waals surface area contributed by atoms with Gasteiger partial charge >= 0.3 is 5.97 Å². The normalized spacial score (nSPS) is 20.8. The maximum atomic E-state index is 13.3. The van der Waals surface area contributed by atoms with Gasteiger partial charge < -0.3 is 40.8 Å². The van der Waals surface area contributed by atoms with Crippen molar-refractivity contribution in [2.75, 3.05) is 19.0 Å². The number of nitrogens with one attached hydrogen (secondary N) is 3. The highest BCUT2D eigenvalue weighted by Gasteiger charge is 2.41. The molecule has 3 aromatic rings. The lowest BCUT2D eigenvalue weighted by atomic mass is 9.83. The van der Waals surface area contributed by atoms with Gasteiger partial charge in [-0.05, 0) is 93.7 Å². The Balaban J connectivity index is 0.000000195. The van der Waals surface area contributed by atoms with E-state index in [2.05, 4.69) is 33.8 Å². The maximum absolute atomic E-state index is 13.3. The van der Waals surface area contributed by atoms with Gasteiger partial charge in [0, 0.05) is 35.9 Å². The molecule has 3 heterocycles. The van der Waals surface area contributed by atoms with E-state index in [0.717, 1.165) is 51.4 Å². The minimum atomic E-state index is -0.685. The number of pyridine rings is 1. The van der Waals surface area contributed by atoms with Gasteiger partial charge in [0.15, 0.2) is 16.4 Å². The van der Waals surface area contributed by atoms with Gasteiger partial charge in [0.05, 0.1) is 29.9 Å². The van der Waals surface area contributed by atoms with Crippen molar-refractivity contribution in [3.63, 3.8) is 0 Å². The molecule has 7 rings (SSSR count). The number of ether oxygens (including phenoxy) is 2. The van der Waals surface area contributed by atoms with Crippen molar-refractivity contribution in [1.82, 2.24) is 20.2 Å². The molecule has 3 amide bonds. The van der Waals surface area contributed by atoms with E-state index >= 15 is 0 Å². The molecule has 4 unspecified atom stereocenters. The number of carbonyl (C=O) groups is 4. The summed E-state index contributed by atoms with van der Waals surface area (Å²) in [4.78, 5) is 68.9. The third-order valence-corrected chi connectivity index (χ3v) is 12.4. The smallest absolute Gasteiger partial charge is 0.307 e. The van der Waals surface area contributed by atoms with E-state index in [4.69, 9.17) is 20.3 Å². The van der Waals surface area contributed by atoms with Gasteiger partial charge in [-0.25, -0.2) is 4.98 Å². The Hall–Kier alpha value is -5.18. The number of fused-ring (bicyclic) bond motifs is 1. The number of carboxylic acids is 1. The number of hydrogen-bond donors (Lipinski definition) is 5. The summed E-state index contributed by atoms with van der Waals surface area (Å²) in [6.07, 6.45) is 15.9. The number of methoxy groups -OCH3 is 1. The summed E-state index contributed by atoms with van der Waals surface area (Å²) in [5, 5.41) is 17.3. The van der Waals surface area contributed by atoms with Crippen LogP contribution in [-0.2, 0) is 23.9 Å². The van der Waals surface area contributed by atoms with Crippen molar-refractivity contribution in [2.24, 2.45) is 28.9 Å². The van der Waals surface area contributed by atoms with Crippen molar-refractivity contribution in [2.45, 2.75) is 129 Å². The van der Waals surface area contributed by atoms with Crippen LogP contribution in [0.15, 0.2) is 59.6 Å². The molecule has 4 fully saturated rings. The summed E-state index contributed by atoms with van der Waals surface area (Å²) in [6, 6.07) is 5.93. The summed E-state index contributed by atoms with van der Waals surface area (Å²) in [5.74, 6) is 0.383. The largest absolute Gasteiger partial charge is 0.497 e. The summed E-state index contributed by atoms with van der Waals surface area (Å²) in [6.45, 7) is 14.2. The zero-order chi connectivity index (χ0) is 44.3. The van der Waals surface area contributed by atoms with Crippen LogP contribution in [0.5, 0.6) is 5.75 Å². The van der Waals surface area contributed by atoms with Crippen LogP contribution in [0, 0.1) is 23.2 Å². The molecular weight excluding hydrogens is 797 g/mol. The second-order valence-corrected chi connectivity index (χ2v) is 18.6. The standard InChI is InChI=1S/C21H35N3O3.C19H21N3O3S.C6H8O2/c1-15(27-17-11-6-3-7-12-17)23-19(16-9-4-2-5-10-16)21(26)24-14-8-13-18(24)20(22)25;1-19(2,3)9-17(24)22-18-21-15(10-26-18)14-8-16(23)12-6-5-11(25-4)7-13(12)20-14;1-2-4-3-5(4)6(7)8/h16-19,23H,1-14H2,(H2,22,25);5-8,10H,9H2,1-4H3,(H,20,23)(H,21,22,24);2,4-5H,1,3H2,(H,7,8). The Labute approximate surface area is 362 Å². The van der Waals surface area contributed by atoms with Crippen molar-refractivity contribution in [1.29, 1.82) is 0 Å². The minimum absolute atomic E-state index is 0.0170. The number of nitrogens with zero attached hydrogens (tertiary/aromatic N) is 2. The fourth-order valence-electron chi connectivity index (χ4n) is 8.30. The van der Waals surface area contributed by atoms with E-state index in [1.54, 1.807) is 36.3 Å². The lowest BCUT2D eigenvalue weighted by molar-refractivity contribution is -0.140. The number of hydrogen-bond acceptors (Lipinski definition) is 10. The minimum Gasteiger partial charge on any atom is -0.497 e. The number of aromatic nitrogens is 2. The maximum Gasteiger partial charge on any atom is 0.307 e. The van der Waals surface area contributed by atoms with E-state index in [9.17, 15) is 24.0 Å². The number of primary amides is 1. The van der Waals surface area contributed by atoms with Crippen LogP contribution >= 0.6 is 11.3 Å². The number of nitrogens with two attached hydrogens (primary N) is 1. The molecule has 6 N–H and O–H groups in total. The van der Waals surface area contributed by atoms with E-state index < -0.39 is 17.9 Å². The highest BCUT2D eigenvalue weighted by molar-refractivity contribution is 7.14. The van der Waals surface area contributed by atoms with Gasteiger partial charge in [0.25, 0.3) is 0 Å². The van der Waals surface area contributed by atoms with Crippen LogP contribution < -0.4 is 26.5 Å². The molecule has 61 heavy (non-hydrogen) atoms. The fourth-order valence-corrected chi connectivity index (χ4v) is 9.03. The lowest BCUT2D eigenvalue weighted by Gasteiger charge is -2.35. The number of rotatable bonds is 13. The molecule has 3 saturated carbocycles. The Kier molecular flexibility index (Phi) is 16.6. The predicted octanol–water partition coefficient (Wildman–Crippen LogP) is 7.75. The number of benzene rings is 1. The van der Waals surface area contributed by atoms with Crippen LogP contribution in [0.2, 0.25) is 0 Å². The molecule has 0 bridgehead atoms. The molecule has 1 aliphatic heterocycles. The number of likely N-dealkylation sites (tertiary alicyclic amines) is 1. The average molecular weight is 861 g/mol. The van der Waals surface area contributed by atoms with Crippen molar-refractivity contribution in [3.05, 3.63) is 65.0 Å². The van der Waals surface area contributed by atoms with Crippen LogP contribution in [0.3, 0.4) is 0 Å². The number of anilines is 1. The average Bonchev–Trinajstić information content (AvgIpc) is 3.60. The first kappa shape index (κ1) is 46.9. The van der Waals surface area contributed by atoms with Crippen molar-refractivity contribution < 1.29 is 33.8 Å². The molecule has 1 aromatic carbocycles.